The number of ether oxygens (including phenoxy) is 2. The van der Waals surface area contributed by atoms with Gasteiger partial charge in [-0.25, -0.2) is 13.8 Å². The van der Waals surface area contributed by atoms with Gasteiger partial charge in [-0.2, -0.15) is 0 Å². The summed E-state index contributed by atoms with van der Waals surface area (Å²) in [5.74, 6) is -1.84. The molecule has 1 aromatic heterocycles. The minimum absolute atomic E-state index is 0.271. The van der Waals surface area contributed by atoms with E-state index in [-0.39, 0.29) is 6.04 Å². The van der Waals surface area contributed by atoms with E-state index in [9.17, 15) is 8.78 Å². The molecule has 1 aliphatic heterocycles. The third-order valence-corrected chi connectivity index (χ3v) is 5.84. The maximum Gasteiger partial charge on any atom is 0.160 e. The summed E-state index contributed by atoms with van der Waals surface area (Å²) in [4.78, 5) is 14.0. The highest BCUT2D eigenvalue weighted by atomic mass is 19.2. The minimum Gasteiger partial charge on any atom is -0.382 e. The molecule has 0 bridgehead atoms. The Hall–Kier alpha value is -4.21. The van der Waals surface area contributed by atoms with Crippen molar-refractivity contribution in [3.8, 4) is 17.1 Å². The van der Waals surface area contributed by atoms with Crippen LogP contribution >= 0.6 is 0 Å². The Kier molecular flexibility index (Phi) is 7.16. The van der Waals surface area contributed by atoms with Crippen LogP contribution in [-0.2, 0) is 9.47 Å². The first-order valence-corrected chi connectivity index (χ1v) is 11.7. The smallest absolute Gasteiger partial charge is 0.160 e. The standard InChI is InChI=1S/C28H25F2N5O2/c1-36-16-19(17-37-2)33-25-14-28-26(13-24(25)32-18-6-5-11-31-15-18)34-23-7-3-4-8-27(23)35(28)20-9-10-21(29)22(30)12-20/h3-15,19,32H,16-17H2,1-2H3/b33-25+. The summed E-state index contributed by atoms with van der Waals surface area (Å²) in [6, 6.07) is 18.6. The Morgan fingerprint density at radius 3 is 2.49 bits per heavy atom. The maximum atomic E-state index is 14.3. The van der Waals surface area contributed by atoms with Crippen molar-refractivity contribution in [2.75, 3.05) is 32.8 Å². The Bertz CT molecular complexity index is 1570. The molecule has 7 nitrogen and oxygen atoms in total. The Morgan fingerprint density at radius 1 is 0.946 bits per heavy atom. The van der Waals surface area contributed by atoms with Gasteiger partial charge in [-0.15, -0.1) is 0 Å². The van der Waals surface area contributed by atoms with Crippen LogP contribution < -0.4 is 10.7 Å². The fourth-order valence-electron chi connectivity index (χ4n) is 4.25. The summed E-state index contributed by atoms with van der Waals surface area (Å²) in [5, 5.41) is 4.01. The summed E-state index contributed by atoms with van der Waals surface area (Å²) in [6.45, 7) is 0.717. The second-order valence-electron chi connectivity index (χ2n) is 8.45. The second-order valence-corrected chi connectivity index (χ2v) is 8.45. The van der Waals surface area contributed by atoms with Crippen LogP contribution in [0, 0.1) is 11.6 Å². The van der Waals surface area contributed by atoms with E-state index in [0.717, 1.165) is 17.3 Å². The Morgan fingerprint density at radius 2 is 1.76 bits per heavy atom. The van der Waals surface area contributed by atoms with Gasteiger partial charge in [0, 0.05) is 32.2 Å². The normalized spacial score (nSPS) is 12.1. The molecule has 9 heteroatoms. The van der Waals surface area contributed by atoms with Crippen LogP contribution in [0.25, 0.3) is 28.1 Å². The molecule has 2 heterocycles. The first-order valence-electron chi connectivity index (χ1n) is 11.7. The number of halogens is 2. The highest BCUT2D eigenvalue weighted by molar-refractivity contribution is 5.84. The SMILES string of the molecule is COCC(COC)/N=c1\cc2n(-c3ccc(F)c(F)c3)c3ccccc3nc-2cc1Nc1cccnc1. The zero-order chi connectivity index (χ0) is 25.8. The number of anilines is 2. The Balaban J connectivity index is 1.82. The number of benzene rings is 3. The van der Waals surface area contributed by atoms with E-state index in [2.05, 4.69) is 10.3 Å². The van der Waals surface area contributed by atoms with E-state index in [1.807, 2.05) is 53.1 Å². The molecule has 5 rings (SSSR count). The first-order chi connectivity index (χ1) is 18.1. The van der Waals surface area contributed by atoms with Gasteiger partial charge in [0.25, 0.3) is 0 Å². The molecule has 0 radical (unpaired) electrons. The van der Waals surface area contributed by atoms with Crippen molar-refractivity contribution >= 4 is 22.4 Å². The highest BCUT2D eigenvalue weighted by Crippen LogP contribution is 2.30. The van der Waals surface area contributed by atoms with E-state index < -0.39 is 11.6 Å². The summed E-state index contributed by atoms with van der Waals surface area (Å²) in [7, 11) is 3.22. The van der Waals surface area contributed by atoms with Crippen LogP contribution in [0.4, 0.5) is 20.2 Å². The number of fused-ring (bicyclic) bond motifs is 2. The summed E-state index contributed by atoms with van der Waals surface area (Å²) >= 11 is 0. The third kappa shape index (κ3) is 5.18. The van der Waals surface area contributed by atoms with Gasteiger partial charge in [-0.05, 0) is 48.5 Å². The van der Waals surface area contributed by atoms with Gasteiger partial charge in [0.1, 0.15) is 0 Å². The van der Waals surface area contributed by atoms with E-state index in [1.54, 1.807) is 32.7 Å². The molecule has 0 saturated carbocycles. The van der Waals surface area contributed by atoms with Crippen LogP contribution in [0.2, 0.25) is 0 Å². The van der Waals surface area contributed by atoms with Gasteiger partial charge in [0.2, 0.25) is 0 Å². The fourth-order valence-corrected chi connectivity index (χ4v) is 4.25. The molecule has 0 fully saturated rings. The third-order valence-electron chi connectivity index (χ3n) is 5.84. The number of nitrogens with one attached hydrogen (secondary N) is 1. The molecule has 3 aromatic rings. The van der Waals surface area contributed by atoms with Crippen molar-refractivity contribution in [3.05, 3.63) is 96.1 Å². The number of pyridine rings is 1. The van der Waals surface area contributed by atoms with E-state index in [1.165, 1.54) is 6.07 Å². The van der Waals surface area contributed by atoms with Crippen molar-refractivity contribution in [3.63, 3.8) is 0 Å². The molecule has 0 atom stereocenters. The molecule has 0 unspecified atom stereocenters. The number of rotatable bonds is 8. The molecule has 1 aliphatic carbocycles. The number of hydrogen-bond donors (Lipinski definition) is 1. The zero-order valence-electron chi connectivity index (χ0n) is 20.4. The number of methoxy groups -OCH3 is 2. The second kappa shape index (κ2) is 10.8. The van der Waals surface area contributed by atoms with Crippen molar-refractivity contribution in [2.24, 2.45) is 4.99 Å². The molecule has 0 amide bonds. The van der Waals surface area contributed by atoms with Crippen molar-refractivity contribution < 1.29 is 18.3 Å². The van der Waals surface area contributed by atoms with E-state index in [0.29, 0.717) is 46.9 Å². The monoisotopic (exact) mass is 501 g/mol. The van der Waals surface area contributed by atoms with Crippen LogP contribution in [0.3, 0.4) is 0 Å². The van der Waals surface area contributed by atoms with Crippen LogP contribution in [-0.4, -0.2) is 48.0 Å². The summed E-state index contributed by atoms with van der Waals surface area (Å²) < 4.78 is 40.7. The lowest BCUT2D eigenvalue weighted by Crippen LogP contribution is -2.24. The molecular weight excluding hydrogens is 476 g/mol. The van der Waals surface area contributed by atoms with Crippen LogP contribution in [0.15, 0.2) is 84.1 Å². The van der Waals surface area contributed by atoms with Crippen molar-refractivity contribution in [1.82, 2.24) is 14.5 Å². The molecule has 0 spiro atoms. The average molecular weight is 502 g/mol. The lowest BCUT2D eigenvalue weighted by molar-refractivity contribution is 0.118. The van der Waals surface area contributed by atoms with Crippen LogP contribution in [0.1, 0.15) is 0 Å². The predicted molar refractivity (Wildman–Crippen MR) is 138 cm³/mol. The topological polar surface area (TPSA) is 73.6 Å². The molecule has 2 aliphatic rings. The minimum atomic E-state index is -0.931. The van der Waals surface area contributed by atoms with Gasteiger partial charge >= 0.3 is 0 Å². The maximum absolute atomic E-state index is 14.3. The van der Waals surface area contributed by atoms with Gasteiger partial charge in [0.15, 0.2) is 11.6 Å². The largest absolute Gasteiger partial charge is 0.382 e. The lowest BCUT2D eigenvalue weighted by atomic mass is 10.1. The zero-order valence-corrected chi connectivity index (χ0v) is 20.4. The molecule has 2 aromatic carbocycles. The van der Waals surface area contributed by atoms with E-state index >= 15 is 0 Å². The van der Waals surface area contributed by atoms with Gasteiger partial charge in [-0.1, -0.05) is 12.1 Å². The van der Waals surface area contributed by atoms with Gasteiger partial charge < -0.3 is 19.4 Å². The van der Waals surface area contributed by atoms with Gasteiger partial charge in [-0.3, -0.25) is 9.98 Å². The molecule has 188 valence electrons. The average Bonchev–Trinajstić information content (AvgIpc) is 2.90. The number of para-hydroxylation sites is 2. The Labute approximate surface area is 212 Å². The summed E-state index contributed by atoms with van der Waals surface area (Å²) in [6.07, 6.45) is 3.41. The van der Waals surface area contributed by atoms with Crippen molar-refractivity contribution in [2.45, 2.75) is 6.04 Å². The molecule has 0 saturated heterocycles. The van der Waals surface area contributed by atoms with Crippen LogP contribution in [0.5, 0.6) is 0 Å². The van der Waals surface area contributed by atoms with Gasteiger partial charge in [0.05, 0.1) is 64.6 Å². The predicted octanol–water partition coefficient (Wildman–Crippen LogP) is 5.11. The molecular formula is C28H25F2N5O2. The fraction of sp³-hybridized carbons (Fsp3) is 0.179. The number of aromatic nitrogens is 3. The first kappa shape index (κ1) is 24.5. The van der Waals surface area contributed by atoms with Crippen molar-refractivity contribution in [1.29, 1.82) is 0 Å². The van der Waals surface area contributed by atoms with E-state index in [4.69, 9.17) is 19.5 Å². The lowest BCUT2D eigenvalue weighted by Gasteiger charge is -2.21. The summed E-state index contributed by atoms with van der Waals surface area (Å²) in [5.41, 5.74) is 4.71. The number of nitrogens with zero attached hydrogens (tertiary/aromatic N) is 4. The quantitative estimate of drug-likeness (QED) is 0.299. The molecule has 1 N–H and O–H groups in total. The molecule has 37 heavy (non-hydrogen) atoms. The highest BCUT2D eigenvalue weighted by Gasteiger charge is 2.18. The number of hydrogen-bond acceptors (Lipinski definition) is 6.